The molecule has 3 rings (SSSR count). The third kappa shape index (κ3) is 6.15. The summed E-state index contributed by atoms with van der Waals surface area (Å²) in [7, 11) is 1.86. The quantitative estimate of drug-likeness (QED) is 0.335. The smallest absolute Gasteiger partial charge is 0.194 e. The van der Waals surface area contributed by atoms with E-state index < -0.39 is 0 Å². The van der Waals surface area contributed by atoms with Crippen LogP contribution in [0.1, 0.15) is 21.7 Å². The zero-order valence-corrected chi connectivity index (χ0v) is 20.6. The number of thiophene rings is 1. The Hall–Kier alpha value is -0.230. The molecule has 9 heteroatoms. The van der Waals surface area contributed by atoms with Crippen LogP contribution in [0.25, 0.3) is 0 Å². The van der Waals surface area contributed by atoms with Gasteiger partial charge in [0.05, 0.1) is 10.3 Å². The Kier molecular flexibility index (Phi) is 9.28. The lowest BCUT2D eigenvalue weighted by Gasteiger charge is -2.36. The van der Waals surface area contributed by atoms with Gasteiger partial charge in [0, 0.05) is 55.7 Å². The van der Waals surface area contributed by atoms with E-state index in [0.29, 0.717) is 0 Å². The summed E-state index contributed by atoms with van der Waals surface area (Å²) in [6.45, 7) is 8.09. The van der Waals surface area contributed by atoms with E-state index >= 15 is 0 Å². The largest absolute Gasteiger partial charge is 0.350 e. The van der Waals surface area contributed by atoms with Crippen LogP contribution < -0.4 is 5.32 Å². The molecule has 3 heterocycles. The molecule has 0 aliphatic carbocycles. The van der Waals surface area contributed by atoms with Crippen LogP contribution >= 0.6 is 62.6 Å². The number of aromatic nitrogens is 1. The van der Waals surface area contributed by atoms with E-state index in [1.807, 2.05) is 24.6 Å². The van der Waals surface area contributed by atoms with Gasteiger partial charge >= 0.3 is 0 Å². The zero-order chi connectivity index (χ0) is 17.6. The standard InChI is InChI=1S/C17H24BrN5S2.HI/c1-3-13-10-20-16(25-13)11-21-17(19-2)23-8-6-22(7-9-23)12-14-4-5-15(18)24-14;/h4-5,10H,3,6-9,11-12H2,1-2H3,(H,19,21);1H. The second kappa shape index (κ2) is 10.9. The van der Waals surface area contributed by atoms with Crippen molar-refractivity contribution < 1.29 is 0 Å². The molecule has 1 N–H and O–H groups in total. The maximum Gasteiger partial charge on any atom is 0.194 e. The second-order valence-electron chi connectivity index (χ2n) is 5.94. The first kappa shape index (κ1) is 22.1. The molecular formula is C17H25BrIN5S2. The van der Waals surface area contributed by atoms with Gasteiger partial charge in [-0.25, -0.2) is 4.98 Å². The summed E-state index contributed by atoms with van der Waals surface area (Å²) in [6.07, 6.45) is 3.03. The van der Waals surface area contributed by atoms with Crippen molar-refractivity contribution in [1.82, 2.24) is 20.1 Å². The third-order valence-corrected chi connectivity index (χ3v) is 6.99. The first-order valence-electron chi connectivity index (χ1n) is 8.53. The Morgan fingerprint density at radius 3 is 2.58 bits per heavy atom. The van der Waals surface area contributed by atoms with Crippen molar-refractivity contribution in [2.45, 2.75) is 26.4 Å². The highest BCUT2D eigenvalue weighted by Crippen LogP contribution is 2.23. The third-order valence-electron chi connectivity index (χ3n) is 4.24. The summed E-state index contributed by atoms with van der Waals surface area (Å²) >= 11 is 7.14. The molecule has 0 unspecified atom stereocenters. The van der Waals surface area contributed by atoms with Crippen LogP contribution in [-0.2, 0) is 19.5 Å². The Labute approximate surface area is 189 Å². The van der Waals surface area contributed by atoms with E-state index in [9.17, 15) is 0 Å². The Morgan fingerprint density at radius 1 is 1.23 bits per heavy atom. The zero-order valence-electron chi connectivity index (χ0n) is 15.1. The average molecular weight is 570 g/mol. The lowest BCUT2D eigenvalue weighted by molar-refractivity contribution is 0.173. The highest BCUT2D eigenvalue weighted by molar-refractivity contribution is 14.0. The first-order chi connectivity index (χ1) is 12.2. The van der Waals surface area contributed by atoms with Gasteiger partial charge in [-0.2, -0.15) is 0 Å². The van der Waals surface area contributed by atoms with Crippen LogP contribution in [0.2, 0.25) is 0 Å². The summed E-state index contributed by atoms with van der Waals surface area (Å²) in [6, 6.07) is 4.34. The van der Waals surface area contributed by atoms with Crippen molar-refractivity contribution in [2.24, 2.45) is 4.99 Å². The minimum atomic E-state index is 0. The monoisotopic (exact) mass is 569 g/mol. The van der Waals surface area contributed by atoms with E-state index in [1.165, 1.54) is 13.5 Å². The van der Waals surface area contributed by atoms with E-state index in [2.05, 4.69) is 60.1 Å². The Bertz CT molecular complexity index is 710. The molecule has 0 bridgehead atoms. The number of nitrogens with zero attached hydrogens (tertiary/aromatic N) is 4. The molecule has 144 valence electrons. The molecule has 5 nitrogen and oxygen atoms in total. The number of thiazole rings is 1. The number of hydrogen-bond acceptors (Lipinski definition) is 5. The molecule has 1 fully saturated rings. The average Bonchev–Trinajstić information content (AvgIpc) is 3.25. The normalized spacial score (nSPS) is 15.8. The fourth-order valence-electron chi connectivity index (χ4n) is 2.86. The maximum atomic E-state index is 4.47. The summed E-state index contributed by atoms with van der Waals surface area (Å²) in [5.41, 5.74) is 0. The van der Waals surface area contributed by atoms with Crippen LogP contribution in [0.15, 0.2) is 27.1 Å². The molecule has 26 heavy (non-hydrogen) atoms. The van der Waals surface area contributed by atoms with Gasteiger partial charge in [-0.15, -0.1) is 46.7 Å². The number of hydrogen-bond donors (Lipinski definition) is 1. The van der Waals surface area contributed by atoms with E-state index in [-0.39, 0.29) is 24.0 Å². The maximum absolute atomic E-state index is 4.47. The Balaban J connectivity index is 0.00000243. The van der Waals surface area contributed by atoms with Crippen molar-refractivity contribution in [2.75, 3.05) is 33.2 Å². The minimum absolute atomic E-state index is 0. The number of nitrogens with one attached hydrogen (secondary N) is 1. The molecule has 1 saturated heterocycles. The highest BCUT2D eigenvalue weighted by atomic mass is 127. The van der Waals surface area contributed by atoms with E-state index in [4.69, 9.17) is 0 Å². The molecule has 0 aromatic carbocycles. The highest BCUT2D eigenvalue weighted by Gasteiger charge is 2.20. The molecule has 0 radical (unpaired) electrons. The number of halogens is 2. The minimum Gasteiger partial charge on any atom is -0.350 e. The van der Waals surface area contributed by atoms with Gasteiger partial charge in [-0.05, 0) is 34.5 Å². The van der Waals surface area contributed by atoms with Gasteiger partial charge in [0.1, 0.15) is 5.01 Å². The number of rotatable bonds is 5. The van der Waals surface area contributed by atoms with Crippen LogP contribution in [0, 0.1) is 0 Å². The predicted octanol–water partition coefficient (Wildman–Crippen LogP) is 4.04. The van der Waals surface area contributed by atoms with Crippen LogP contribution in [0.4, 0.5) is 0 Å². The van der Waals surface area contributed by atoms with Gasteiger partial charge in [-0.1, -0.05) is 6.92 Å². The molecule has 0 spiro atoms. The van der Waals surface area contributed by atoms with Crippen molar-refractivity contribution in [3.63, 3.8) is 0 Å². The van der Waals surface area contributed by atoms with Gasteiger partial charge in [-0.3, -0.25) is 9.89 Å². The number of aryl methyl sites for hydroxylation is 1. The summed E-state index contributed by atoms with van der Waals surface area (Å²) in [4.78, 5) is 16.5. The van der Waals surface area contributed by atoms with Crippen molar-refractivity contribution in [3.8, 4) is 0 Å². The van der Waals surface area contributed by atoms with Crippen LogP contribution in [0.5, 0.6) is 0 Å². The molecule has 2 aromatic heterocycles. The lowest BCUT2D eigenvalue weighted by atomic mass is 10.3. The summed E-state index contributed by atoms with van der Waals surface area (Å²) < 4.78 is 1.21. The molecular weight excluding hydrogens is 545 g/mol. The molecule has 0 saturated carbocycles. The lowest BCUT2D eigenvalue weighted by Crippen LogP contribution is -2.51. The molecule has 1 aliphatic rings. The second-order valence-corrected chi connectivity index (χ2v) is 9.69. The topological polar surface area (TPSA) is 43.8 Å². The molecule has 0 atom stereocenters. The van der Waals surface area contributed by atoms with Gasteiger partial charge in [0.15, 0.2) is 5.96 Å². The van der Waals surface area contributed by atoms with Crippen LogP contribution in [0.3, 0.4) is 0 Å². The number of aliphatic imine (C=N–C) groups is 1. The van der Waals surface area contributed by atoms with E-state index in [1.54, 1.807) is 11.3 Å². The van der Waals surface area contributed by atoms with Gasteiger partial charge in [0.25, 0.3) is 0 Å². The molecule has 0 amide bonds. The first-order valence-corrected chi connectivity index (χ1v) is 11.0. The van der Waals surface area contributed by atoms with Gasteiger partial charge < -0.3 is 10.2 Å². The van der Waals surface area contributed by atoms with E-state index in [0.717, 1.165) is 56.7 Å². The predicted molar refractivity (Wildman–Crippen MR) is 126 cm³/mol. The fraction of sp³-hybridized carbons (Fsp3) is 0.529. The van der Waals surface area contributed by atoms with Crippen molar-refractivity contribution in [3.05, 3.63) is 36.9 Å². The fourth-order valence-corrected chi connectivity index (χ4v) is 5.18. The van der Waals surface area contributed by atoms with Crippen LogP contribution in [-0.4, -0.2) is 54.0 Å². The summed E-state index contributed by atoms with van der Waals surface area (Å²) in [5, 5.41) is 4.59. The number of piperazine rings is 1. The Morgan fingerprint density at radius 2 is 2.00 bits per heavy atom. The molecule has 2 aromatic rings. The van der Waals surface area contributed by atoms with Gasteiger partial charge in [0.2, 0.25) is 0 Å². The summed E-state index contributed by atoms with van der Waals surface area (Å²) in [5.74, 6) is 0.978. The molecule has 1 aliphatic heterocycles. The SMILES string of the molecule is CCc1cnc(CNC(=NC)N2CCN(Cc3ccc(Br)s3)CC2)s1.I. The van der Waals surface area contributed by atoms with Crippen molar-refractivity contribution in [1.29, 1.82) is 0 Å². The van der Waals surface area contributed by atoms with Crippen molar-refractivity contribution >= 4 is 68.5 Å². The number of guanidine groups is 1.